The van der Waals surface area contributed by atoms with E-state index in [-0.39, 0.29) is 24.2 Å². The fraction of sp³-hybridized carbons (Fsp3) is 0.296. The molecule has 10 heteroatoms. The third-order valence-electron chi connectivity index (χ3n) is 6.85. The maximum atomic E-state index is 13.5. The molecule has 2 aromatic carbocycles. The van der Waals surface area contributed by atoms with Gasteiger partial charge >= 0.3 is 0 Å². The number of hydrogen-bond acceptors (Lipinski definition) is 6. The highest BCUT2D eigenvalue weighted by atomic mass is 32.1. The topological polar surface area (TPSA) is 91.8 Å². The molecule has 4 aromatic rings. The van der Waals surface area contributed by atoms with E-state index in [4.69, 9.17) is 14.5 Å². The van der Waals surface area contributed by atoms with Crippen LogP contribution in [0.2, 0.25) is 0 Å². The molecule has 0 bridgehead atoms. The first-order valence-electron chi connectivity index (χ1n) is 12.3. The number of thiazole rings is 1. The molecular weight excluding hydrogens is 490 g/mol. The molecule has 4 heterocycles. The highest BCUT2D eigenvalue weighted by Crippen LogP contribution is 2.33. The van der Waals surface area contributed by atoms with Crippen molar-refractivity contribution in [2.45, 2.75) is 32.4 Å². The van der Waals surface area contributed by atoms with Crippen LogP contribution in [0, 0.1) is 6.92 Å². The first-order valence-corrected chi connectivity index (χ1v) is 13.1. The number of hydrogen-bond donors (Lipinski definition) is 1. The molecule has 1 fully saturated rings. The monoisotopic (exact) mass is 517 g/mol. The number of benzene rings is 2. The third kappa shape index (κ3) is 4.32. The second kappa shape index (κ2) is 9.53. The van der Waals surface area contributed by atoms with Crippen molar-refractivity contribution in [2.75, 3.05) is 18.5 Å². The van der Waals surface area contributed by atoms with Gasteiger partial charge in [-0.3, -0.25) is 14.3 Å². The van der Waals surface area contributed by atoms with Gasteiger partial charge in [0.25, 0.3) is 11.5 Å². The lowest BCUT2D eigenvalue weighted by molar-refractivity contribution is -0.118. The van der Waals surface area contributed by atoms with E-state index < -0.39 is 0 Å². The van der Waals surface area contributed by atoms with Crippen LogP contribution < -0.4 is 20.4 Å². The van der Waals surface area contributed by atoms with Crippen molar-refractivity contribution in [3.8, 4) is 22.7 Å². The number of fused-ring (bicyclic) bond motifs is 1. The molecule has 0 aliphatic carbocycles. The molecule has 1 atom stereocenters. The number of nitrogens with zero attached hydrogens (tertiary/aromatic N) is 4. The minimum absolute atomic E-state index is 0.0176. The molecule has 1 unspecified atom stereocenters. The normalized spacial score (nSPS) is 17.5. The number of para-hydroxylation sites is 1. The Balaban J connectivity index is 1.48. The third-order valence-corrected chi connectivity index (χ3v) is 7.71. The highest BCUT2D eigenvalue weighted by Gasteiger charge is 2.22. The van der Waals surface area contributed by atoms with Crippen LogP contribution in [0.1, 0.15) is 18.5 Å². The molecule has 1 saturated heterocycles. The summed E-state index contributed by atoms with van der Waals surface area (Å²) in [6, 6.07) is 15.3. The van der Waals surface area contributed by atoms with Gasteiger partial charge in [0, 0.05) is 24.6 Å². The lowest BCUT2D eigenvalue weighted by Crippen LogP contribution is -2.26. The Morgan fingerprint density at radius 3 is 2.78 bits per heavy atom. The summed E-state index contributed by atoms with van der Waals surface area (Å²) in [4.78, 5) is 31.0. The summed E-state index contributed by atoms with van der Waals surface area (Å²) in [5, 5.41) is 4.92. The fourth-order valence-electron chi connectivity index (χ4n) is 4.84. The van der Waals surface area contributed by atoms with Crippen molar-refractivity contribution < 1.29 is 14.3 Å². The number of anilines is 1. The van der Waals surface area contributed by atoms with E-state index in [9.17, 15) is 9.59 Å². The largest absolute Gasteiger partial charge is 0.482 e. The van der Waals surface area contributed by atoms with Crippen molar-refractivity contribution in [2.24, 2.45) is 12.0 Å². The van der Waals surface area contributed by atoms with E-state index in [0.717, 1.165) is 46.9 Å². The highest BCUT2D eigenvalue weighted by molar-refractivity contribution is 7.07. The molecule has 0 spiro atoms. The second-order valence-electron chi connectivity index (χ2n) is 9.22. The summed E-state index contributed by atoms with van der Waals surface area (Å²) in [5.41, 5.74) is 4.32. The minimum atomic E-state index is -0.174. The zero-order valence-electron chi connectivity index (χ0n) is 20.6. The van der Waals surface area contributed by atoms with Gasteiger partial charge in [0.1, 0.15) is 5.75 Å². The van der Waals surface area contributed by atoms with Crippen LogP contribution >= 0.6 is 11.3 Å². The minimum Gasteiger partial charge on any atom is -0.482 e. The van der Waals surface area contributed by atoms with E-state index in [1.807, 2.05) is 72.6 Å². The van der Waals surface area contributed by atoms with Crippen LogP contribution in [-0.4, -0.2) is 39.2 Å². The maximum absolute atomic E-state index is 13.5. The van der Waals surface area contributed by atoms with Gasteiger partial charge in [-0.15, -0.1) is 11.3 Å². The van der Waals surface area contributed by atoms with Crippen LogP contribution in [0.25, 0.3) is 16.9 Å². The molecule has 37 heavy (non-hydrogen) atoms. The number of carbonyl (C=O) groups is 1. The lowest BCUT2D eigenvalue weighted by Gasteiger charge is -2.19. The number of ether oxygens (including phenoxy) is 2. The summed E-state index contributed by atoms with van der Waals surface area (Å²) in [7, 11) is 1.87. The molecule has 2 aromatic heterocycles. The molecule has 190 valence electrons. The van der Waals surface area contributed by atoms with Gasteiger partial charge in [0.05, 0.1) is 35.4 Å². The fourth-order valence-corrected chi connectivity index (χ4v) is 5.76. The molecule has 1 N–H and O–H groups in total. The Morgan fingerprint density at radius 2 is 2.00 bits per heavy atom. The van der Waals surface area contributed by atoms with E-state index in [1.54, 1.807) is 4.68 Å². The summed E-state index contributed by atoms with van der Waals surface area (Å²) in [6.07, 6.45) is 2.07. The van der Waals surface area contributed by atoms with Crippen molar-refractivity contribution in [1.29, 1.82) is 0 Å². The van der Waals surface area contributed by atoms with Crippen molar-refractivity contribution >= 4 is 28.6 Å². The summed E-state index contributed by atoms with van der Waals surface area (Å²) in [5.74, 6) is 0.475. The van der Waals surface area contributed by atoms with Crippen LogP contribution in [0.4, 0.5) is 11.4 Å². The molecule has 0 saturated carbocycles. The Morgan fingerprint density at radius 1 is 1.16 bits per heavy atom. The van der Waals surface area contributed by atoms with Gasteiger partial charge in [-0.1, -0.05) is 18.2 Å². The van der Waals surface area contributed by atoms with E-state index in [0.29, 0.717) is 23.7 Å². The molecule has 9 nitrogen and oxygen atoms in total. The zero-order valence-corrected chi connectivity index (χ0v) is 21.5. The number of rotatable bonds is 5. The maximum Gasteiger partial charge on any atom is 0.297 e. The summed E-state index contributed by atoms with van der Waals surface area (Å²) >= 11 is 1.48. The first-order chi connectivity index (χ1) is 18.0. The zero-order chi connectivity index (χ0) is 25.5. The van der Waals surface area contributed by atoms with Gasteiger partial charge in [-0.05, 0) is 50.1 Å². The summed E-state index contributed by atoms with van der Waals surface area (Å²) in [6.45, 7) is 3.30. The number of aromatic nitrogens is 3. The van der Waals surface area contributed by atoms with Gasteiger partial charge in [-0.2, -0.15) is 0 Å². The smallest absolute Gasteiger partial charge is 0.297 e. The molecule has 1 amide bonds. The van der Waals surface area contributed by atoms with Crippen molar-refractivity contribution in [3.05, 3.63) is 74.8 Å². The molecule has 6 rings (SSSR count). The van der Waals surface area contributed by atoms with Crippen LogP contribution in [-0.2, 0) is 23.1 Å². The molecule has 2 aliphatic rings. The predicted octanol–water partition coefficient (Wildman–Crippen LogP) is 3.76. The van der Waals surface area contributed by atoms with E-state index in [1.165, 1.54) is 11.3 Å². The number of carbonyl (C=O) groups excluding carboxylic acids is 1. The van der Waals surface area contributed by atoms with Crippen LogP contribution in [0.5, 0.6) is 5.75 Å². The van der Waals surface area contributed by atoms with Gasteiger partial charge in [0.2, 0.25) is 0 Å². The van der Waals surface area contributed by atoms with Gasteiger partial charge in [-0.25, -0.2) is 9.67 Å². The average Bonchev–Trinajstić information content (AvgIpc) is 3.61. The number of amides is 1. The quantitative estimate of drug-likeness (QED) is 0.437. The Labute approximate surface area is 217 Å². The van der Waals surface area contributed by atoms with Crippen LogP contribution in [0.15, 0.2) is 63.7 Å². The number of nitrogens with one attached hydrogen (secondary N) is 1. The van der Waals surface area contributed by atoms with E-state index >= 15 is 0 Å². The predicted molar refractivity (Wildman–Crippen MR) is 142 cm³/mol. The first kappa shape index (κ1) is 23.5. The Kier molecular flexibility index (Phi) is 6.05. The van der Waals surface area contributed by atoms with Gasteiger partial charge < -0.3 is 19.4 Å². The Hall–Kier alpha value is -3.89. The van der Waals surface area contributed by atoms with Crippen LogP contribution in [0.3, 0.4) is 0 Å². The SMILES string of the molecule is Cc1c(N=c2scc(-c3ccc4c(c3)NC(=O)CO4)n2CC2CCCO2)c(=O)n(-c2ccccc2)n1C. The molecule has 2 aliphatic heterocycles. The Bertz CT molecular complexity index is 1610. The molecule has 0 radical (unpaired) electrons. The standard InChI is InChI=1S/C27H27N5O4S/c1-17-25(26(34)32(30(17)2)19-7-4-3-5-8-19)29-27-31(14-20-9-6-12-35-20)22(16-37-27)18-10-11-23-21(13-18)28-24(33)15-36-23/h3-5,7-8,10-11,13,16,20H,6,9,12,14-15H2,1-2H3,(H,28,33). The summed E-state index contributed by atoms with van der Waals surface area (Å²) < 4.78 is 17.1. The van der Waals surface area contributed by atoms with Crippen molar-refractivity contribution in [3.63, 3.8) is 0 Å². The van der Waals surface area contributed by atoms with E-state index in [2.05, 4.69) is 9.88 Å². The molecular formula is C27H27N5O4S. The van der Waals surface area contributed by atoms with Crippen molar-refractivity contribution in [1.82, 2.24) is 13.9 Å². The lowest BCUT2D eigenvalue weighted by atomic mass is 10.1. The second-order valence-corrected chi connectivity index (χ2v) is 10.1. The average molecular weight is 518 g/mol. The van der Waals surface area contributed by atoms with Gasteiger partial charge in [0.15, 0.2) is 17.1 Å².